The van der Waals surface area contributed by atoms with Crippen molar-refractivity contribution in [2.24, 2.45) is 7.05 Å². The first-order valence-corrected chi connectivity index (χ1v) is 7.25. The molecule has 19 heavy (non-hydrogen) atoms. The second-order valence-corrected chi connectivity index (χ2v) is 5.59. The quantitative estimate of drug-likeness (QED) is 0.864. The topological polar surface area (TPSA) is 36.3 Å². The zero-order valence-electron chi connectivity index (χ0n) is 12.7. The lowest BCUT2D eigenvalue weighted by atomic mass is 10.1. The van der Waals surface area contributed by atoms with Crippen LogP contribution in [0.3, 0.4) is 0 Å². The summed E-state index contributed by atoms with van der Waals surface area (Å²) in [6, 6.07) is 0.653. The van der Waals surface area contributed by atoms with Crippen LogP contribution in [0.2, 0.25) is 0 Å². The van der Waals surface area contributed by atoms with E-state index in [1.807, 2.05) is 25.2 Å². The summed E-state index contributed by atoms with van der Waals surface area (Å²) in [7, 11) is 6.14. The van der Waals surface area contributed by atoms with Gasteiger partial charge in [0.25, 0.3) is 0 Å². The minimum absolute atomic E-state index is 0.653. The fourth-order valence-corrected chi connectivity index (χ4v) is 2.72. The zero-order valence-corrected chi connectivity index (χ0v) is 12.7. The van der Waals surface area contributed by atoms with Crippen LogP contribution in [0.1, 0.15) is 25.5 Å². The lowest BCUT2D eigenvalue weighted by Gasteiger charge is -2.31. The van der Waals surface area contributed by atoms with Gasteiger partial charge in [-0.3, -0.25) is 0 Å². The fourth-order valence-electron chi connectivity index (χ4n) is 2.72. The maximum atomic E-state index is 4.44. The molecule has 0 spiro atoms. The second kappa shape index (κ2) is 6.39. The van der Waals surface area contributed by atoms with E-state index in [4.69, 9.17) is 0 Å². The van der Waals surface area contributed by atoms with Crippen LogP contribution in [0.25, 0.3) is 0 Å². The molecule has 1 aliphatic heterocycles. The minimum atomic E-state index is 0.653. The Morgan fingerprint density at radius 3 is 2.58 bits per heavy atom. The fraction of sp³-hybridized carbons (Fsp3) is 0.786. The largest absolute Gasteiger partial charge is 0.348 e. The van der Waals surface area contributed by atoms with Crippen molar-refractivity contribution in [3.8, 4) is 0 Å². The number of hydrogen-bond donors (Lipinski definition) is 1. The molecule has 1 aromatic rings. The van der Waals surface area contributed by atoms with E-state index in [0.717, 1.165) is 12.5 Å². The van der Waals surface area contributed by atoms with Crippen LogP contribution >= 0.6 is 0 Å². The number of likely N-dealkylation sites (tertiary alicyclic amines) is 1. The predicted molar refractivity (Wildman–Crippen MR) is 79.5 cm³/mol. The van der Waals surface area contributed by atoms with E-state index in [1.54, 1.807) is 0 Å². The summed E-state index contributed by atoms with van der Waals surface area (Å²) in [5.74, 6) is 1.01. The highest BCUT2D eigenvalue weighted by molar-refractivity contribution is 5.30. The Morgan fingerprint density at radius 2 is 2.05 bits per heavy atom. The first kappa shape index (κ1) is 14.3. The summed E-state index contributed by atoms with van der Waals surface area (Å²) in [5, 5.41) is 3.67. The van der Waals surface area contributed by atoms with Crippen molar-refractivity contribution in [3.05, 3.63) is 11.9 Å². The summed E-state index contributed by atoms with van der Waals surface area (Å²) >= 11 is 0. The lowest BCUT2D eigenvalue weighted by Crippen LogP contribution is -2.42. The number of piperidine rings is 1. The number of imidazole rings is 1. The van der Waals surface area contributed by atoms with E-state index < -0.39 is 0 Å². The highest BCUT2D eigenvalue weighted by Gasteiger charge is 2.18. The summed E-state index contributed by atoms with van der Waals surface area (Å²) < 4.78 is 2.16. The first-order chi connectivity index (χ1) is 9.11. The molecule has 1 fully saturated rings. The Bertz CT molecular complexity index is 391. The third kappa shape index (κ3) is 3.48. The Kier molecular flexibility index (Phi) is 4.82. The molecule has 0 aromatic carbocycles. The number of nitrogens with zero attached hydrogens (tertiary/aromatic N) is 4. The summed E-state index contributed by atoms with van der Waals surface area (Å²) in [6.45, 7) is 6.78. The third-order valence-electron chi connectivity index (χ3n) is 4.07. The van der Waals surface area contributed by atoms with E-state index in [2.05, 4.69) is 33.7 Å². The van der Waals surface area contributed by atoms with Crippen LogP contribution in [-0.2, 0) is 13.6 Å². The van der Waals surface area contributed by atoms with E-state index in [1.165, 1.54) is 38.2 Å². The third-order valence-corrected chi connectivity index (χ3v) is 4.07. The highest BCUT2D eigenvalue weighted by Crippen LogP contribution is 2.13. The van der Waals surface area contributed by atoms with Gasteiger partial charge in [0, 0.05) is 33.7 Å². The van der Waals surface area contributed by atoms with Gasteiger partial charge < -0.3 is 19.7 Å². The monoisotopic (exact) mass is 265 g/mol. The minimum Gasteiger partial charge on any atom is -0.348 e. The van der Waals surface area contributed by atoms with Crippen molar-refractivity contribution in [1.82, 2.24) is 19.8 Å². The van der Waals surface area contributed by atoms with Gasteiger partial charge in [-0.1, -0.05) is 6.92 Å². The van der Waals surface area contributed by atoms with Crippen molar-refractivity contribution >= 4 is 5.95 Å². The van der Waals surface area contributed by atoms with Crippen molar-refractivity contribution in [2.45, 2.75) is 32.4 Å². The molecule has 1 aromatic heterocycles. The van der Waals surface area contributed by atoms with Gasteiger partial charge in [-0.05, 0) is 32.5 Å². The van der Waals surface area contributed by atoms with Gasteiger partial charge in [-0.15, -0.1) is 0 Å². The molecule has 5 nitrogen and oxygen atoms in total. The Hall–Kier alpha value is -1.07. The molecule has 5 heteroatoms. The van der Waals surface area contributed by atoms with Gasteiger partial charge in [-0.25, -0.2) is 4.98 Å². The number of rotatable bonds is 5. The Balaban J connectivity index is 1.83. The predicted octanol–water partition coefficient (Wildman–Crippen LogP) is 1.06. The van der Waals surface area contributed by atoms with Crippen LogP contribution in [0.5, 0.6) is 0 Å². The van der Waals surface area contributed by atoms with E-state index in [9.17, 15) is 0 Å². The molecule has 1 saturated heterocycles. The Morgan fingerprint density at radius 1 is 1.37 bits per heavy atom. The van der Waals surface area contributed by atoms with Crippen molar-refractivity contribution in [3.63, 3.8) is 0 Å². The van der Waals surface area contributed by atoms with Gasteiger partial charge in [0.2, 0.25) is 5.95 Å². The van der Waals surface area contributed by atoms with Crippen LogP contribution in [0.4, 0.5) is 5.95 Å². The lowest BCUT2D eigenvalue weighted by molar-refractivity contribution is 0.205. The maximum Gasteiger partial charge on any atom is 0.204 e. The van der Waals surface area contributed by atoms with Crippen LogP contribution in [0, 0.1) is 0 Å². The molecule has 0 unspecified atom stereocenters. The molecule has 0 saturated carbocycles. The van der Waals surface area contributed by atoms with E-state index in [0.29, 0.717) is 6.04 Å². The maximum absolute atomic E-state index is 4.44. The highest BCUT2D eigenvalue weighted by atomic mass is 15.3. The average molecular weight is 265 g/mol. The molecule has 1 N–H and O–H groups in total. The van der Waals surface area contributed by atoms with E-state index in [-0.39, 0.29) is 0 Å². The molecule has 0 radical (unpaired) electrons. The number of anilines is 1. The molecule has 0 bridgehead atoms. The standard InChI is InChI=1S/C14H27N5/c1-5-19-8-6-12(7-9-19)15-10-13-11-16-14(17(2)3)18(13)4/h11-12,15H,5-10H2,1-4H3. The average Bonchev–Trinajstić information content (AvgIpc) is 2.78. The molecule has 108 valence electrons. The zero-order chi connectivity index (χ0) is 13.8. The van der Waals surface area contributed by atoms with Gasteiger partial charge in [0.05, 0.1) is 11.9 Å². The van der Waals surface area contributed by atoms with Crippen LogP contribution in [0.15, 0.2) is 6.20 Å². The SMILES string of the molecule is CCN1CCC(NCc2cnc(N(C)C)n2C)CC1. The van der Waals surface area contributed by atoms with Crippen LogP contribution < -0.4 is 10.2 Å². The molecule has 2 heterocycles. The number of hydrogen-bond acceptors (Lipinski definition) is 4. The summed E-state index contributed by atoms with van der Waals surface area (Å²) in [6.07, 6.45) is 4.49. The molecule has 0 atom stereocenters. The molecule has 0 aliphatic carbocycles. The smallest absolute Gasteiger partial charge is 0.204 e. The normalized spacial score (nSPS) is 17.9. The molecular weight excluding hydrogens is 238 g/mol. The van der Waals surface area contributed by atoms with Crippen molar-refractivity contribution in [2.75, 3.05) is 38.6 Å². The first-order valence-electron chi connectivity index (χ1n) is 7.25. The van der Waals surface area contributed by atoms with Crippen molar-refractivity contribution in [1.29, 1.82) is 0 Å². The molecule has 1 aliphatic rings. The molecule has 0 amide bonds. The number of nitrogens with one attached hydrogen (secondary N) is 1. The van der Waals surface area contributed by atoms with Gasteiger partial charge in [0.1, 0.15) is 0 Å². The van der Waals surface area contributed by atoms with Crippen LogP contribution in [-0.4, -0.2) is 54.2 Å². The molecular formula is C14H27N5. The van der Waals surface area contributed by atoms with E-state index >= 15 is 0 Å². The summed E-state index contributed by atoms with van der Waals surface area (Å²) in [4.78, 5) is 9.01. The second-order valence-electron chi connectivity index (χ2n) is 5.59. The molecule has 2 rings (SSSR count). The van der Waals surface area contributed by atoms with Gasteiger partial charge >= 0.3 is 0 Å². The summed E-state index contributed by atoms with van der Waals surface area (Å²) in [5.41, 5.74) is 1.25. The van der Waals surface area contributed by atoms with Gasteiger partial charge in [0.15, 0.2) is 0 Å². The number of aromatic nitrogens is 2. The van der Waals surface area contributed by atoms with Crippen molar-refractivity contribution < 1.29 is 0 Å². The van der Waals surface area contributed by atoms with Gasteiger partial charge in [-0.2, -0.15) is 0 Å². The Labute approximate surface area is 116 Å².